The zero-order valence-corrected chi connectivity index (χ0v) is 13.6. The van der Waals surface area contributed by atoms with Gasteiger partial charge in [0.25, 0.3) is 0 Å². The number of aromatic amines is 1. The van der Waals surface area contributed by atoms with E-state index in [-0.39, 0.29) is 0 Å². The molecule has 0 aliphatic rings. The van der Waals surface area contributed by atoms with E-state index in [1.807, 2.05) is 38.1 Å². The second kappa shape index (κ2) is 6.70. The summed E-state index contributed by atoms with van der Waals surface area (Å²) in [6, 6.07) is 7.42. The maximum Gasteiger partial charge on any atom is 0.242 e. The summed E-state index contributed by atoms with van der Waals surface area (Å²) >= 11 is 5.88. The molecule has 0 aliphatic heterocycles. The van der Waals surface area contributed by atoms with Crippen molar-refractivity contribution in [3.8, 4) is 11.4 Å². The summed E-state index contributed by atoms with van der Waals surface area (Å²) in [7, 11) is 0. The van der Waals surface area contributed by atoms with Gasteiger partial charge in [-0.2, -0.15) is 10.2 Å². The predicted octanol–water partition coefficient (Wildman–Crippen LogP) is 2.58. The molecule has 118 valence electrons. The zero-order chi connectivity index (χ0) is 16.2. The van der Waals surface area contributed by atoms with Gasteiger partial charge >= 0.3 is 0 Å². The van der Waals surface area contributed by atoms with Crippen molar-refractivity contribution in [3.63, 3.8) is 0 Å². The Hall–Kier alpha value is -2.54. The van der Waals surface area contributed by atoms with Crippen LogP contribution >= 0.6 is 11.6 Å². The van der Waals surface area contributed by atoms with E-state index in [2.05, 4.69) is 35.7 Å². The first-order chi connectivity index (χ1) is 11.1. The number of H-pyrrole nitrogens is 1. The van der Waals surface area contributed by atoms with E-state index in [1.165, 1.54) is 0 Å². The third-order valence-electron chi connectivity index (χ3n) is 3.37. The summed E-state index contributed by atoms with van der Waals surface area (Å²) < 4.78 is 0. The number of nitrogens with one attached hydrogen (secondary N) is 2. The van der Waals surface area contributed by atoms with Gasteiger partial charge in [-0.25, -0.2) is 9.97 Å². The van der Waals surface area contributed by atoms with Crippen LogP contribution in [-0.4, -0.2) is 36.9 Å². The molecule has 3 aromatic rings. The van der Waals surface area contributed by atoms with E-state index in [4.69, 9.17) is 11.6 Å². The highest BCUT2D eigenvalue weighted by Crippen LogP contribution is 2.17. The molecular formula is C15H16ClN7. The second-order valence-corrected chi connectivity index (χ2v) is 5.53. The Labute approximate surface area is 138 Å². The molecule has 0 aliphatic carbocycles. The normalized spacial score (nSPS) is 10.7. The number of hydrogen-bond donors (Lipinski definition) is 2. The van der Waals surface area contributed by atoms with Crippen molar-refractivity contribution < 1.29 is 0 Å². The van der Waals surface area contributed by atoms with Gasteiger partial charge in [0.15, 0.2) is 5.82 Å². The standard InChI is InChI=1S/C15H16ClN7/c1-9-10(2)20-23-15(18-9)17-8-7-13-19-14(22-21-13)11-3-5-12(16)6-4-11/h3-6H,7-8H2,1-2H3,(H,17,18,23)(H,19,21,22). The molecule has 3 rings (SSSR count). The summed E-state index contributed by atoms with van der Waals surface area (Å²) in [6.07, 6.45) is 0.677. The molecule has 0 atom stereocenters. The van der Waals surface area contributed by atoms with Crippen molar-refractivity contribution in [2.45, 2.75) is 20.3 Å². The molecule has 0 spiro atoms. The number of nitrogens with zero attached hydrogens (tertiary/aromatic N) is 5. The summed E-state index contributed by atoms with van der Waals surface area (Å²) in [5.74, 6) is 1.96. The smallest absolute Gasteiger partial charge is 0.242 e. The minimum Gasteiger partial charge on any atom is -0.352 e. The first kappa shape index (κ1) is 15.4. The number of rotatable bonds is 5. The third-order valence-corrected chi connectivity index (χ3v) is 3.62. The molecule has 2 aromatic heterocycles. The van der Waals surface area contributed by atoms with Crippen molar-refractivity contribution >= 4 is 17.5 Å². The minimum absolute atomic E-state index is 0.519. The molecule has 7 nitrogen and oxygen atoms in total. The summed E-state index contributed by atoms with van der Waals surface area (Å²) in [5, 5.41) is 19.0. The van der Waals surface area contributed by atoms with Gasteiger partial charge in [0.2, 0.25) is 5.95 Å². The zero-order valence-electron chi connectivity index (χ0n) is 12.8. The number of aromatic nitrogens is 6. The lowest BCUT2D eigenvalue weighted by molar-refractivity contribution is 0.855. The van der Waals surface area contributed by atoms with E-state index in [0.717, 1.165) is 22.8 Å². The van der Waals surface area contributed by atoms with Gasteiger partial charge in [0, 0.05) is 23.6 Å². The van der Waals surface area contributed by atoms with Crippen molar-refractivity contribution in [2.24, 2.45) is 0 Å². The third kappa shape index (κ3) is 3.81. The highest BCUT2D eigenvalue weighted by molar-refractivity contribution is 6.30. The van der Waals surface area contributed by atoms with Crippen LogP contribution in [0.3, 0.4) is 0 Å². The lowest BCUT2D eigenvalue weighted by Crippen LogP contribution is -2.10. The lowest BCUT2D eigenvalue weighted by atomic mass is 10.2. The average molecular weight is 330 g/mol. The Bertz CT molecular complexity index is 798. The first-order valence-electron chi connectivity index (χ1n) is 7.21. The highest BCUT2D eigenvalue weighted by Gasteiger charge is 2.06. The minimum atomic E-state index is 0.519. The van der Waals surface area contributed by atoms with Gasteiger partial charge in [-0.15, -0.1) is 5.10 Å². The van der Waals surface area contributed by atoms with Crippen molar-refractivity contribution in [3.05, 3.63) is 46.5 Å². The van der Waals surface area contributed by atoms with Crippen LogP contribution in [0, 0.1) is 13.8 Å². The fourth-order valence-electron chi connectivity index (χ4n) is 1.96. The van der Waals surface area contributed by atoms with E-state index in [9.17, 15) is 0 Å². The van der Waals surface area contributed by atoms with Crippen LogP contribution in [-0.2, 0) is 6.42 Å². The number of aryl methyl sites for hydroxylation is 2. The fraction of sp³-hybridized carbons (Fsp3) is 0.267. The highest BCUT2D eigenvalue weighted by atomic mass is 35.5. The number of anilines is 1. The SMILES string of the molecule is Cc1nnc(NCCc2nc(-c3ccc(Cl)cc3)n[nH]2)nc1C. The quantitative estimate of drug-likeness (QED) is 0.747. The van der Waals surface area contributed by atoms with Gasteiger partial charge in [-0.05, 0) is 38.1 Å². The fourth-order valence-corrected chi connectivity index (χ4v) is 2.09. The molecule has 0 bridgehead atoms. The van der Waals surface area contributed by atoms with Crippen LogP contribution in [0.2, 0.25) is 5.02 Å². The first-order valence-corrected chi connectivity index (χ1v) is 7.58. The van der Waals surface area contributed by atoms with E-state index in [1.54, 1.807) is 0 Å². The average Bonchev–Trinajstić information content (AvgIpc) is 3.00. The molecule has 2 N–H and O–H groups in total. The van der Waals surface area contributed by atoms with Crippen molar-refractivity contribution in [2.75, 3.05) is 11.9 Å². The van der Waals surface area contributed by atoms with Crippen LogP contribution < -0.4 is 5.32 Å². The van der Waals surface area contributed by atoms with Crippen LogP contribution in [0.15, 0.2) is 24.3 Å². The maximum atomic E-state index is 5.88. The topological polar surface area (TPSA) is 92.3 Å². The Balaban J connectivity index is 1.59. The Kier molecular flexibility index (Phi) is 4.47. The van der Waals surface area contributed by atoms with Gasteiger partial charge in [-0.1, -0.05) is 11.6 Å². The molecule has 2 heterocycles. The van der Waals surface area contributed by atoms with Gasteiger partial charge < -0.3 is 5.32 Å². The molecular weight excluding hydrogens is 314 g/mol. The van der Waals surface area contributed by atoms with Gasteiger partial charge in [0.05, 0.1) is 11.4 Å². The molecule has 23 heavy (non-hydrogen) atoms. The largest absolute Gasteiger partial charge is 0.352 e. The van der Waals surface area contributed by atoms with Crippen molar-refractivity contribution in [1.82, 2.24) is 30.4 Å². The Morgan fingerprint density at radius 1 is 1.04 bits per heavy atom. The number of benzene rings is 1. The molecule has 0 saturated carbocycles. The van der Waals surface area contributed by atoms with Crippen LogP contribution in [0.1, 0.15) is 17.2 Å². The molecule has 0 saturated heterocycles. The molecule has 0 unspecified atom stereocenters. The van der Waals surface area contributed by atoms with Crippen LogP contribution in [0.25, 0.3) is 11.4 Å². The van der Waals surface area contributed by atoms with Gasteiger partial charge in [-0.3, -0.25) is 5.10 Å². The second-order valence-electron chi connectivity index (χ2n) is 5.10. The molecule has 0 radical (unpaired) electrons. The summed E-state index contributed by atoms with van der Waals surface area (Å²) in [4.78, 5) is 8.79. The number of hydrogen-bond acceptors (Lipinski definition) is 6. The molecule has 0 amide bonds. The van der Waals surface area contributed by atoms with Crippen molar-refractivity contribution in [1.29, 1.82) is 0 Å². The molecule has 1 aromatic carbocycles. The molecule has 0 fully saturated rings. The molecule has 8 heteroatoms. The van der Waals surface area contributed by atoms with E-state index in [0.29, 0.717) is 29.8 Å². The van der Waals surface area contributed by atoms with E-state index >= 15 is 0 Å². The summed E-state index contributed by atoms with van der Waals surface area (Å²) in [6.45, 7) is 4.43. The number of halogens is 1. The maximum absolute atomic E-state index is 5.88. The Morgan fingerprint density at radius 2 is 1.83 bits per heavy atom. The lowest BCUT2D eigenvalue weighted by Gasteiger charge is -2.04. The van der Waals surface area contributed by atoms with Crippen LogP contribution in [0.5, 0.6) is 0 Å². The van der Waals surface area contributed by atoms with E-state index < -0.39 is 0 Å². The summed E-state index contributed by atoms with van der Waals surface area (Å²) in [5.41, 5.74) is 2.62. The van der Waals surface area contributed by atoms with Gasteiger partial charge in [0.1, 0.15) is 5.82 Å². The monoisotopic (exact) mass is 329 g/mol. The predicted molar refractivity (Wildman–Crippen MR) is 88.3 cm³/mol. The van der Waals surface area contributed by atoms with Crippen LogP contribution in [0.4, 0.5) is 5.95 Å². The Morgan fingerprint density at radius 3 is 2.57 bits per heavy atom.